The SMILES string of the molecule is CCS(=O)(=O)c1cc(C(F)(F)F)c[n+]([O-])c1-c1nc2cc(S(C)(=O)=O)cnc2o1. The zero-order valence-electron chi connectivity index (χ0n) is 14.8. The van der Waals surface area contributed by atoms with Crippen LogP contribution in [0.1, 0.15) is 12.5 Å². The van der Waals surface area contributed by atoms with E-state index in [0.717, 1.165) is 18.5 Å². The molecule has 0 radical (unpaired) electrons. The van der Waals surface area contributed by atoms with Gasteiger partial charge in [0.1, 0.15) is 16.0 Å². The number of pyridine rings is 2. The van der Waals surface area contributed by atoms with Gasteiger partial charge in [0.25, 0.3) is 11.6 Å². The largest absolute Gasteiger partial charge is 0.618 e. The molecular weight excluding hydrogens is 439 g/mol. The molecule has 0 aliphatic carbocycles. The fourth-order valence-electron chi connectivity index (χ4n) is 2.40. The van der Waals surface area contributed by atoms with Gasteiger partial charge in [-0.25, -0.2) is 26.8 Å². The molecule has 0 fully saturated rings. The van der Waals surface area contributed by atoms with Crippen LogP contribution in [0.3, 0.4) is 0 Å². The lowest BCUT2D eigenvalue weighted by atomic mass is 10.2. The second-order valence-electron chi connectivity index (χ2n) is 5.96. The smallest absolute Gasteiger partial charge is 0.422 e. The van der Waals surface area contributed by atoms with E-state index < -0.39 is 53.6 Å². The van der Waals surface area contributed by atoms with Gasteiger partial charge < -0.3 is 9.62 Å². The topological polar surface area (TPSA) is 134 Å². The molecule has 3 rings (SSSR count). The van der Waals surface area contributed by atoms with Crippen molar-refractivity contribution in [3.05, 3.63) is 35.3 Å². The van der Waals surface area contributed by atoms with E-state index in [2.05, 4.69) is 9.97 Å². The van der Waals surface area contributed by atoms with Gasteiger partial charge in [0.15, 0.2) is 25.9 Å². The van der Waals surface area contributed by atoms with E-state index in [1.807, 2.05) is 0 Å². The van der Waals surface area contributed by atoms with Gasteiger partial charge >= 0.3 is 6.18 Å². The standard InChI is InChI=1S/C15H12F3N3O6S2/c1-3-29(25,26)11-4-8(15(16,17)18)7-21(22)12(11)14-20-10-5-9(28(2,23)24)6-19-13(10)27-14/h4-7H,3H2,1-2H3. The first-order chi connectivity index (χ1) is 13.2. The Balaban J connectivity index is 2.33. The highest BCUT2D eigenvalue weighted by Gasteiger charge is 2.38. The summed E-state index contributed by atoms with van der Waals surface area (Å²) in [7, 11) is -7.94. The molecule has 0 aliphatic rings. The number of fused-ring (bicyclic) bond motifs is 1. The van der Waals surface area contributed by atoms with Crippen molar-refractivity contribution in [2.24, 2.45) is 0 Å². The maximum Gasteiger partial charge on any atom is 0.422 e. The van der Waals surface area contributed by atoms with Crippen molar-refractivity contribution in [3.8, 4) is 11.6 Å². The molecule has 0 spiro atoms. The predicted molar refractivity (Wildman–Crippen MR) is 92.0 cm³/mol. The summed E-state index contributed by atoms with van der Waals surface area (Å²) in [6.07, 6.45) is -2.91. The molecule has 0 unspecified atom stereocenters. The summed E-state index contributed by atoms with van der Waals surface area (Å²) in [5, 5.41) is 12.3. The lowest BCUT2D eigenvalue weighted by molar-refractivity contribution is -0.597. The van der Waals surface area contributed by atoms with Crippen molar-refractivity contribution in [2.75, 3.05) is 12.0 Å². The van der Waals surface area contributed by atoms with Crippen molar-refractivity contribution in [1.29, 1.82) is 0 Å². The molecular formula is C15H12F3N3O6S2. The van der Waals surface area contributed by atoms with Gasteiger partial charge in [-0.2, -0.15) is 17.9 Å². The van der Waals surface area contributed by atoms with Crippen LogP contribution in [0.15, 0.2) is 38.7 Å². The van der Waals surface area contributed by atoms with E-state index >= 15 is 0 Å². The Kier molecular flexibility index (Phi) is 4.82. The Labute approximate surface area is 162 Å². The van der Waals surface area contributed by atoms with Gasteiger partial charge in [0.2, 0.25) is 5.71 Å². The van der Waals surface area contributed by atoms with Crippen LogP contribution < -0.4 is 4.73 Å². The van der Waals surface area contributed by atoms with Crippen molar-refractivity contribution in [2.45, 2.75) is 22.9 Å². The molecule has 3 heterocycles. The summed E-state index contributed by atoms with van der Waals surface area (Å²) in [5.41, 5.74) is -2.58. The zero-order valence-corrected chi connectivity index (χ0v) is 16.4. The number of rotatable bonds is 4. The van der Waals surface area contributed by atoms with Gasteiger partial charge in [-0.3, -0.25) is 0 Å². The van der Waals surface area contributed by atoms with E-state index in [4.69, 9.17) is 4.42 Å². The molecule has 0 N–H and O–H groups in total. The highest BCUT2D eigenvalue weighted by molar-refractivity contribution is 7.91. The summed E-state index contributed by atoms with van der Waals surface area (Å²) in [4.78, 5) is 6.47. The molecule has 9 nitrogen and oxygen atoms in total. The molecule has 0 saturated carbocycles. The summed E-state index contributed by atoms with van der Waals surface area (Å²) in [6, 6.07) is 1.41. The highest BCUT2D eigenvalue weighted by Crippen LogP contribution is 2.34. The molecule has 14 heteroatoms. The van der Waals surface area contributed by atoms with Crippen molar-refractivity contribution in [3.63, 3.8) is 0 Å². The van der Waals surface area contributed by atoms with Gasteiger partial charge in [-0.05, 0) is 12.1 Å². The Bertz CT molecular complexity index is 1330. The first-order valence-corrected chi connectivity index (χ1v) is 11.3. The summed E-state index contributed by atoms with van der Waals surface area (Å²) in [6.45, 7) is 1.19. The molecule has 3 aromatic heterocycles. The number of alkyl halides is 3. The van der Waals surface area contributed by atoms with Crippen LogP contribution in [-0.4, -0.2) is 38.8 Å². The van der Waals surface area contributed by atoms with Crippen LogP contribution in [0, 0.1) is 5.21 Å². The van der Waals surface area contributed by atoms with Crippen LogP contribution in [0.5, 0.6) is 0 Å². The average Bonchev–Trinajstić information content (AvgIpc) is 3.02. The fraction of sp³-hybridized carbons (Fsp3) is 0.267. The minimum Gasteiger partial charge on any atom is -0.618 e. The Morgan fingerprint density at radius 3 is 2.41 bits per heavy atom. The first-order valence-electron chi connectivity index (χ1n) is 7.78. The average molecular weight is 451 g/mol. The number of halogens is 3. The van der Waals surface area contributed by atoms with E-state index in [1.165, 1.54) is 6.92 Å². The summed E-state index contributed by atoms with van der Waals surface area (Å²) in [5.74, 6) is -1.20. The minimum atomic E-state index is -4.96. The van der Waals surface area contributed by atoms with Gasteiger partial charge in [0.05, 0.1) is 10.6 Å². The van der Waals surface area contributed by atoms with E-state index in [-0.39, 0.29) is 27.1 Å². The van der Waals surface area contributed by atoms with Crippen molar-refractivity contribution >= 4 is 30.9 Å². The maximum atomic E-state index is 13.0. The molecule has 29 heavy (non-hydrogen) atoms. The Hall–Kier alpha value is -2.74. The van der Waals surface area contributed by atoms with Crippen LogP contribution in [-0.2, 0) is 25.9 Å². The molecule has 0 atom stereocenters. The Morgan fingerprint density at radius 1 is 1.21 bits per heavy atom. The number of sulfone groups is 2. The molecule has 0 saturated heterocycles. The second-order valence-corrected chi connectivity index (χ2v) is 10.2. The van der Waals surface area contributed by atoms with Crippen molar-refractivity contribution < 1.29 is 39.2 Å². The minimum absolute atomic E-state index is 0.123. The van der Waals surface area contributed by atoms with E-state index in [9.17, 15) is 35.2 Å². The lowest BCUT2D eigenvalue weighted by Gasteiger charge is -2.11. The van der Waals surface area contributed by atoms with Crippen LogP contribution in [0.2, 0.25) is 0 Å². The number of oxazole rings is 1. The van der Waals surface area contributed by atoms with Crippen LogP contribution >= 0.6 is 0 Å². The molecule has 0 bridgehead atoms. The lowest BCUT2D eigenvalue weighted by Crippen LogP contribution is -2.33. The number of hydrogen-bond acceptors (Lipinski definition) is 8. The third-order valence-electron chi connectivity index (χ3n) is 3.89. The van der Waals surface area contributed by atoms with E-state index in [1.54, 1.807) is 0 Å². The van der Waals surface area contributed by atoms with Gasteiger partial charge in [0, 0.05) is 12.5 Å². The predicted octanol–water partition coefficient (Wildman–Crippen LogP) is 1.74. The van der Waals surface area contributed by atoms with Crippen LogP contribution in [0.25, 0.3) is 22.8 Å². The maximum absolute atomic E-state index is 13.0. The van der Waals surface area contributed by atoms with Crippen molar-refractivity contribution in [1.82, 2.24) is 9.97 Å². The van der Waals surface area contributed by atoms with E-state index in [0.29, 0.717) is 6.07 Å². The third-order valence-corrected chi connectivity index (χ3v) is 6.71. The number of hydrogen-bond donors (Lipinski definition) is 0. The first kappa shape index (κ1) is 21.0. The summed E-state index contributed by atoms with van der Waals surface area (Å²) < 4.78 is 92.0. The molecule has 0 aliphatic heterocycles. The monoisotopic (exact) mass is 451 g/mol. The zero-order chi connectivity index (χ0) is 21.8. The van der Waals surface area contributed by atoms with Gasteiger partial charge in [-0.15, -0.1) is 0 Å². The molecule has 3 aromatic rings. The summed E-state index contributed by atoms with van der Waals surface area (Å²) >= 11 is 0. The molecule has 156 valence electrons. The fourth-order valence-corrected chi connectivity index (χ4v) is 4.06. The number of aromatic nitrogens is 3. The second kappa shape index (κ2) is 6.66. The Morgan fingerprint density at radius 2 is 1.86 bits per heavy atom. The van der Waals surface area contributed by atoms with Crippen LogP contribution in [0.4, 0.5) is 13.2 Å². The quantitative estimate of drug-likeness (QED) is 0.432. The molecule has 0 amide bonds. The third kappa shape index (κ3) is 3.89. The number of nitrogens with zero attached hydrogens (tertiary/aromatic N) is 3. The van der Waals surface area contributed by atoms with Gasteiger partial charge in [-0.1, -0.05) is 6.92 Å². The normalized spacial score (nSPS) is 13.1. The molecule has 0 aromatic carbocycles. The highest BCUT2D eigenvalue weighted by atomic mass is 32.2.